The Morgan fingerprint density at radius 1 is 0.588 bits per heavy atom. The number of benzene rings is 4. The van der Waals surface area contributed by atoms with Gasteiger partial charge in [-0.25, -0.2) is 4.98 Å². The van der Waals surface area contributed by atoms with Crippen molar-refractivity contribution in [2.45, 2.75) is 0 Å². The average molecular weight is 657 g/mol. The number of hydrogen-bond donors (Lipinski definition) is 0. The van der Waals surface area contributed by atoms with Crippen molar-refractivity contribution in [1.82, 2.24) is 24.1 Å². The normalized spacial score (nSPS) is 12.1. The maximum Gasteiger partial charge on any atom is 0.0963 e. The van der Waals surface area contributed by atoms with Gasteiger partial charge in [-0.1, -0.05) is 79.4 Å². The molecule has 0 spiro atoms. The first-order valence-electron chi connectivity index (χ1n) is 16.9. The molecule has 0 aliphatic heterocycles. The third-order valence-corrected chi connectivity index (χ3v) is 9.43. The Balaban J connectivity index is 1.28. The molecular weight excluding hydrogens is 625 g/mol. The van der Waals surface area contributed by atoms with Gasteiger partial charge in [0.25, 0.3) is 0 Å². The first-order chi connectivity index (χ1) is 25.2. The van der Waals surface area contributed by atoms with Crippen LogP contribution in [0.1, 0.15) is 5.69 Å². The maximum absolute atomic E-state index is 5.04. The molecule has 0 saturated heterocycles. The van der Waals surface area contributed by atoms with Gasteiger partial charge in [-0.3, -0.25) is 15.0 Å². The Morgan fingerprint density at radius 2 is 1.31 bits per heavy atom. The van der Waals surface area contributed by atoms with Gasteiger partial charge in [0, 0.05) is 41.3 Å². The Hall–Kier alpha value is -6.92. The van der Waals surface area contributed by atoms with E-state index in [0.29, 0.717) is 0 Å². The molecule has 5 aromatic heterocycles. The fourth-order valence-electron chi connectivity index (χ4n) is 7.15. The minimum Gasteiger partial charge on any atom is -0.309 e. The highest BCUT2D eigenvalue weighted by Gasteiger charge is 2.18. The standard InChI is InChI=1S/C45H32N6/c1-3-4-16-37(46-2)39-28-33(29-40(49-39)38-17-10-11-24-47-38)51-41-18-9-8-15-34(41)35-22-20-31(27-44(35)51)30-21-23-42-36(26-30)45-43(19-12-25-48-45)50(42)32-13-6-5-7-14-32/h3-29H,1H2,2H3/b16-4-,46-37?. The van der Waals surface area contributed by atoms with Gasteiger partial charge < -0.3 is 9.13 Å². The molecule has 0 N–H and O–H groups in total. The van der Waals surface area contributed by atoms with Gasteiger partial charge in [0.15, 0.2) is 0 Å². The summed E-state index contributed by atoms with van der Waals surface area (Å²) in [6.07, 6.45) is 9.24. The molecule has 6 nitrogen and oxygen atoms in total. The molecule has 51 heavy (non-hydrogen) atoms. The molecule has 242 valence electrons. The number of allylic oxidation sites excluding steroid dienone is 3. The predicted octanol–water partition coefficient (Wildman–Crippen LogP) is 10.6. The molecule has 0 aliphatic rings. The number of aromatic nitrogens is 5. The highest BCUT2D eigenvalue weighted by atomic mass is 15.0. The van der Waals surface area contributed by atoms with Crippen molar-refractivity contribution in [1.29, 1.82) is 0 Å². The van der Waals surface area contributed by atoms with Crippen molar-refractivity contribution < 1.29 is 0 Å². The third-order valence-electron chi connectivity index (χ3n) is 9.43. The van der Waals surface area contributed by atoms with Crippen LogP contribution in [-0.2, 0) is 0 Å². The maximum atomic E-state index is 5.04. The van der Waals surface area contributed by atoms with E-state index in [-0.39, 0.29) is 0 Å². The molecule has 0 fully saturated rings. The minimum atomic E-state index is 0.753. The van der Waals surface area contributed by atoms with E-state index in [1.165, 1.54) is 10.8 Å². The van der Waals surface area contributed by atoms with Crippen LogP contribution in [0.2, 0.25) is 0 Å². The Morgan fingerprint density at radius 3 is 2.16 bits per heavy atom. The van der Waals surface area contributed by atoms with Crippen LogP contribution in [0.15, 0.2) is 176 Å². The monoisotopic (exact) mass is 656 g/mol. The van der Waals surface area contributed by atoms with E-state index in [1.807, 2.05) is 48.7 Å². The average Bonchev–Trinajstić information content (AvgIpc) is 3.71. The van der Waals surface area contributed by atoms with Gasteiger partial charge >= 0.3 is 0 Å². The van der Waals surface area contributed by atoms with Crippen molar-refractivity contribution in [3.05, 3.63) is 176 Å². The summed E-state index contributed by atoms with van der Waals surface area (Å²) in [4.78, 5) is 19.1. The Labute approximate surface area is 295 Å². The summed E-state index contributed by atoms with van der Waals surface area (Å²) < 4.78 is 4.62. The summed E-state index contributed by atoms with van der Waals surface area (Å²) in [5.41, 5.74) is 12.8. The molecule has 0 atom stereocenters. The lowest BCUT2D eigenvalue weighted by atomic mass is 10.0. The van der Waals surface area contributed by atoms with Crippen molar-refractivity contribution in [2.24, 2.45) is 4.99 Å². The quantitative estimate of drug-likeness (QED) is 0.127. The highest BCUT2D eigenvalue weighted by Crippen LogP contribution is 2.38. The molecule has 5 heterocycles. The summed E-state index contributed by atoms with van der Waals surface area (Å²) in [7, 11) is 1.79. The van der Waals surface area contributed by atoms with Gasteiger partial charge in [0.1, 0.15) is 0 Å². The molecule has 9 aromatic rings. The predicted molar refractivity (Wildman–Crippen MR) is 211 cm³/mol. The number of rotatable bonds is 7. The number of para-hydroxylation sites is 2. The lowest BCUT2D eigenvalue weighted by Gasteiger charge is -2.13. The van der Waals surface area contributed by atoms with Crippen molar-refractivity contribution in [3.8, 4) is 33.9 Å². The first-order valence-corrected chi connectivity index (χ1v) is 16.9. The molecule has 0 unspecified atom stereocenters. The van der Waals surface area contributed by atoms with Crippen molar-refractivity contribution in [3.63, 3.8) is 0 Å². The van der Waals surface area contributed by atoms with Crippen LogP contribution in [0.4, 0.5) is 0 Å². The molecule has 0 amide bonds. The highest BCUT2D eigenvalue weighted by molar-refractivity contribution is 6.12. The largest absolute Gasteiger partial charge is 0.309 e. The third kappa shape index (κ3) is 5.13. The number of pyridine rings is 3. The van der Waals surface area contributed by atoms with E-state index in [0.717, 1.165) is 78.3 Å². The summed E-state index contributed by atoms with van der Waals surface area (Å²) in [5.74, 6) is 0. The molecule has 0 saturated carbocycles. The number of hydrogen-bond acceptors (Lipinski definition) is 4. The summed E-state index contributed by atoms with van der Waals surface area (Å²) >= 11 is 0. The molecule has 4 aromatic carbocycles. The fourth-order valence-corrected chi connectivity index (χ4v) is 7.15. The van der Waals surface area contributed by atoms with E-state index in [4.69, 9.17) is 9.97 Å². The Kier molecular flexibility index (Phi) is 7.40. The summed E-state index contributed by atoms with van der Waals surface area (Å²) in [6.45, 7) is 3.85. The van der Waals surface area contributed by atoms with E-state index in [9.17, 15) is 0 Å². The molecule has 0 aliphatic carbocycles. The number of nitrogens with zero attached hydrogens (tertiary/aromatic N) is 6. The van der Waals surface area contributed by atoms with Gasteiger partial charge in [-0.05, 0) is 90.0 Å². The van der Waals surface area contributed by atoms with Crippen molar-refractivity contribution >= 4 is 49.5 Å². The van der Waals surface area contributed by atoms with Crippen LogP contribution in [0, 0.1) is 0 Å². The topological polar surface area (TPSA) is 60.9 Å². The smallest absolute Gasteiger partial charge is 0.0963 e. The summed E-state index contributed by atoms with van der Waals surface area (Å²) in [5, 5.41) is 3.47. The zero-order valence-corrected chi connectivity index (χ0v) is 28.0. The van der Waals surface area contributed by atoms with Gasteiger partial charge in [0.2, 0.25) is 0 Å². The van der Waals surface area contributed by atoms with Gasteiger partial charge in [-0.2, -0.15) is 0 Å². The van der Waals surface area contributed by atoms with E-state index < -0.39 is 0 Å². The van der Waals surface area contributed by atoms with Crippen LogP contribution in [-0.4, -0.2) is 36.8 Å². The number of fused-ring (bicyclic) bond motifs is 6. The second-order valence-corrected chi connectivity index (χ2v) is 12.4. The summed E-state index contributed by atoms with van der Waals surface area (Å²) in [6, 6.07) is 46.8. The van der Waals surface area contributed by atoms with Crippen LogP contribution >= 0.6 is 0 Å². The minimum absolute atomic E-state index is 0.753. The Bertz CT molecular complexity index is 2820. The number of aliphatic imine (C=N–C) groups is 1. The molecule has 0 radical (unpaired) electrons. The lowest BCUT2D eigenvalue weighted by molar-refractivity contribution is 1.14. The molecular formula is C45H32N6. The van der Waals surface area contributed by atoms with Gasteiger partial charge in [-0.15, -0.1) is 0 Å². The first kappa shape index (κ1) is 30.2. The van der Waals surface area contributed by atoms with Crippen LogP contribution in [0.3, 0.4) is 0 Å². The zero-order valence-electron chi connectivity index (χ0n) is 28.0. The second-order valence-electron chi connectivity index (χ2n) is 12.4. The van der Waals surface area contributed by atoms with Crippen molar-refractivity contribution in [2.75, 3.05) is 7.05 Å². The van der Waals surface area contributed by atoms with Gasteiger partial charge in [0.05, 0.1) is 56.1 Å². The van der Waals surface area contributed by atoms with E-state index >= 15 is 0 Å². The van der Waals surface area contributed by atoms with Crippen LogP contribution < -0.4 is 0 Å². The molecule has 9 rings (SSSR count). The SMILES string of the molecule is C=C/C=C\C(=NC)c1cc(-n2c3ccccc3c3ccc(-c4ccc5c(c4)c4ncccc4n5-c4ccccc4)cc32)cc(-c2ccccn2)n1. The molecule has 0 bridgehead atoms. The second kappa shape index (κ2) is 12.5. The fraction of sp³-hybridized carbons (Fsp3) is 0.0222. The van der Waals surface area contributed by atoms with Crippen LogP contribution in [0.25, 0.3) is 77.6 Å². The van der Waals surface area contributed by atoms with Crippen LogP contribution in [0.5, 0.6) is 0 Å². The van der Waals surface area contributed by atoms with E-state index in [1.54, 1.807) is 19.3 Å². The van der Waals surface area contributed by atoms with E-state index in [2.05, 4.69) is 129 Å². The zero-order chi connectivity index (χ0) is 34.3. The lowest BCUT2D eigenvalue weighted by Crippen LogP contribution is -2.05. The molecule has 6 heteroatoms.